The molecule has 1 unspecified atom stereocenters. The molecule has 0 amide bonds. The highest BCUT2D eigenvalue weighted by Crippen LogP contribution is 2.29. The van der Waals surface area contributed by atoms with Gasteiger partial charge in [0.05, 0.1) is 12.8 Å². The van der Waals surface area contributed by atoms with E-state index in [9.17, 15) is 0 Å². The van der Waals surface area contributed by atoms with Crippen molar-refractivity contribution in [3.63, 3.8) is 0 Å². The summed E-state index contributed by atoms with van der Waals surface area (Å²) in [5.74, 6) is 1.78. The molecule has 0 N–H and O–H groups in total. The predicted molar refractivity (Wildman–Crippen MR) is 97.6 cm³/mol. The Morgan fingerprint density at radius 1 is 1.12 bits per heavy atom. The minimum atomic E-state index is 0.621. The molecule has 1 aromatic heterocycles. The Morgan fingerprint density at radius 2 is 1.92 bits per heavy atom. The maximum Gasteiger partial charge on any atom is 0.151 e. The highest BCUT2D eigenvalue weighted by molar-refractivity contribution is 5.67. The number of aromatic nitrogens is 2. The Balaban J connectivity index is 1.74. The van der Waals surface area contributed by atoms with Crippen LogP contribution in [-0.2, 0) is 0 Å². The number of hydrogen-bond donors (Lipinski definition) is 0. The molecular weight excluding hydrogens is 300 g/mol. The van der Waals surface area contributed by atoms with Gasteiger partial charge in [0.15, 0.2) is 5.82 Å². The highest BCUT2D eigenvalue weighted by atomic mass is 16.5. The Hall–Kier alpha value is -2.14. The van der Waals surface area contributed by atoms with Gasteiger partial charge in [0, 0.05) is 24.7 Å². The molecular formula is C19H26N4O. The average Bonchev–Trinajstić information content (AvgIpc) is 3.13. The molecule has 24 heavy (non-hydrogen) atoms. The van der Waals surface area contributed by atoms with E-state index >= 15 is 0 Å². The molecule has 2 heterocycles. The molecule has 5 heteroatoms. The van der Waals surface area contributed by atoms with Crippen molar-refractivity contribution in [2.24, 2.45) is 0 Å². The van der Waals surface area contributed by atoms with Gasteiger partial charge < -0.3 is 9.64 Å². The second-order valence-corrected chi connectivity index (χ2v) is 6.09. The van der Waals surface area contributed by atoms with E-state index in [1.807, 2.05) is 30.3 Å². The zero-order valence-corrected chi connectivity index (χ0v) is 14.8. The van der Waals surface area contributed by atoms with Gasteiger partial charge in [-0.05, 0) is 43.8 Å². The lowest BCUT2D eigenvalue weighted by Gasteiger charge is -2.26. The molecule has 5 nitrogen and oxygen atoms in total. The summed E-state index contributed by atoms with van der Waals surface area (Å²) in [7, 11) is 1.68. The van der Waals surface area contributed by atoms with Gasteiger partial charge in [-0.2, -0.15) is 0 Å². The number of methoxy groups -OCH3 is 1. The van der Waals surface area contributed by atoms with Gasteiger partial charge in [0.2, 0.25) is 0 Å². The van der Waals surface area contributed by atoms with Crippen molar-refractivity contribution in [2.75, 3.05) is 38.2 Å². The van der Waals surface area contributed by atoms with Crippen LogP contribution in [0.3, 0.4) is 0 Å². The minimum Gasteiger partial charge on any atom is -0.496 e. The first-order chi connectivity index (χ1) is 11.8. The molecule has 0 radical (unpaired) electrons. The van der Waals surface area contributed by atoms with E-state index in [4.69, 9.17) is 4.74 Å². The summed E-state index contributed by atoms with van der Waals surface area (Å²) in [4.78, 5) is 4.86. The fourth-order valence-corrected chi connectivity index (χ4v) is 3.48. The lowest BCUT2D eigenvalue weighted by Crippen LogP contribution is -2.37. The molecule has 1 atom stereocenters. The molecule has 1 saturated heterocycles. The summed E-state index contributed by atoms with van der Waals surface area (Å²) in [6, 6.07) is 12.6. The summed E-state index contributed by atoms with van der Waals surface area (Å²) in [6.45, 7) is 8.75. The number of anilines is 1. The fourth-order valence-electron chi connectivity index (χ4n) is 3.48. The number of likely N-dealkylation sites (N-methyl/N-ethyl adjacent to an activating group) is 1. The van der Waals surface area contributed by atoms with Gasteiger partial charge in [-0.25, -0.2) is 0 Å². The number of benzene rings is 1. The monoisotopic (exact) mass is 326 g/mol. The van der Waals surface area contributed by atoms with Gasteiger partial charge >= 0.3 is 0 Å². The SMILES string of the molecule is CCN(CC)C1CCN(c2ccc(-c3ccccc3OC)nn2)C1. The standard InChI is InChI=1S/C19H26N4O/c1-4-22(5-2)15-12-13-23(14-15)19-11-10-17(20-21-19)16-8-6-7-9-18(16)24-3/h6-11,15H,4-5,12-14H2,1-3H3. The second kappa shape index (κ2) is 7.62. The summed E-state index contributed by atoms with van der Waals surface area (Å²) in [5.41, 5.74) is 1.82. The Morgan fingerprint density at radius 3 is 2.58 bits per heavy atom. The molecule has 0 spiro atoms. The van der Waals surface area contributed by atoms with E-state index in [0.717, 1.165) is 49.0 Å². The van der Waals surface area contributed by atoms with Crippen molar-refractivity contribution >= 4 is 5.82 Å². The first-order valence-corrected chi connectivity index (χ1v) is 8.73. The van der Waals surface area contributed by atoms with Crippen molar-refractivity contribution in [1.82, 2.24) is 15.1 Å². The van der Waals surface area contributed by atoms with Crippen molar-refractivity contribution in [2.45, 2.75) is 26.3 Å². The van der Waals surface area contributed by atoms with Crippen LogP contribution in [0, 0.1) is 0 Å². The van der Waals surface area contributed by atoms with E-state index in [1.54, 1.807) is 7.11 Å². The lowest BCUT2D eigenvalue weighted by molar-refractivity contribution is 0.232. The van der Waals surface area contributed by atoms with Crippen LogP contribution >= 0.6 is 0 Å². The third-order valence-electron chi connectivity index (χ3n) is 4.85. The summed E-state index contributed by atoms with van der Waals surface area (Å²) in [6.07, 6.45) is 1.19. The van der Waals surface area contributed by atoms with Crippen LogP contribution in [-0.4, -0.2) is 54.4 Å². The van der Waals surface area contributed by atoms with Gasteiger partial charge in [-0.15, -0.1) is 10.2 Å². The third kappa shape index (κ3) is 3.36. The number of hydrogen-bond acceptors (Lipinski definition) is 5. The van der Waals surface area contributed by atoms with Crippen molar-refractivity contribution in [1.29, 1.82) is 0 Å². The van der Waals surface area contributed by atoms with E-state index < -0.39 is 0 Å². The van der Waals surface area contributed by atoms with Crippen LogP contribution < -0.4 is 9.64 Å². The van der Waals surface area contributed by atoms with E-state index in [0.29, 0.717) is 6.04 Å². The van der Waals surface area contributed by atoms with Gasteiger partial charge in [-0.1, -0.05) is 26.0 Å². The van der Waals surface area contributed by atoms with Crippen molar-refractivity contribution < 1.29 is 4.74 Å². The highest BCUT2D eigenvalue weighted by Gasteiger charge is 2.27. The first kappa shape index (κ1) is 16.7. The summed E-state index contributed by atoms with van der Waals surface area (Å²) >= 11 is 0. The van der Waals surface area contributed by atoms with Crippen LogP contribution in [0.15, 0.2) is 36.4 Å². The molecule has 1 fully saturated rings. The van der Waals surface area contributed by atoms with Crippen LogP contribution in [0.1, 0.15) is 20.3 Å². The molecule has 1 aliphatic heterocycles. The number of ether oxygens (including phenoxy) is 1. The maximum absolute atomic E-state index is 5.41. The zero-order chi connectivity index (χ0) is 16.9. The largest absolute Gasteiger partial charge is 0.496 e. The quantitative estimate of drug-likeness (QED) is 0.816. The number of para-hydroxylation sites is 1. The van der Waals surface area contributed by atoms with Crippen molar-refractivity contribution in [3.05, 3.63) is 36.4 Å². The molecule has 128 valence electrons. The van der Waals surface area contributed by atoms with Crippen molar-refractivity contribution in [3.8, 4) is 17.0 Å². The molecule has 1 aliphatic rings. The average molecular weight is 326 g/mol. The molecule has 0 bridgehead atoms. The summed E-state index contributed by atoms with van der Waals surface area (Å²) < 4.78 is 5.41. The molecule has 0 saturated carbocycles. The molecule has 3 rings (SSSR count). The normalized spacial score (nSPS) is 17.5. The van der Waals surface area contributed by atoms with Crippen LogP contribution in [0.25, 0.3) is 11.3 Å². The molecule has 2 aromatic rings. The molecule has 0 aliphatic carbocycles. The number of rotatable bonds is 6. The number of nitrogens with zero attached hydrogens (tertiary/aromatic N) is 4. The second-order valence-electron chi connectivity index (χ2n) is 6.09. The van der Waals surface area contributed by atoms with Gasteiger partial charge in [0.25, 0.3) is 0 Å². The minimum absolute atomic E-state index is 0.621. The fraction of sp³-hybridized carbons (Fsp3) is 0.474. The Kier molecular flexibility index (Phi) is 5.30. The van der Waals surface area contributed by atoms with Crippen LogP contribution in [0.5, 0.6) is 5.75 Å². The molecule has 1 aromatic carbocycles. The van der Waals surface area contributed by atoms with E-state index in [2.05, 4.69) is 39.9 Å². The first-order valence-electron chi connectivity index (χ1n) is 8.73. The van der Waals surface area contributed by atoms with Crippen LogP contribution in [0.2, 0.25) is 0 Å². The van der Waals surface area contributed by atoms with Gasteiger partial charge in [-0.3, -0.25) is 4.90 Å². The predicted octanol–water partition coefficient (Wildman–Crippen LogP) is 3.07. The van der Waals surface area contributed by atoms with Crippen LogP contribution in [0.4, 0.5) is 5.82 Å². The lowest BCUT2D eigenvalue weighted by atomic mass is 10.1. The Bertz CT molecular complexity index is 655. The third-order valence-corrected chi connectivity index (χ3v) is 4.85. The van der Waals surface area contributed by atoms with E-state index in [-0.39, 0.29) is 0 Å². The summed E-state index contributed by atoms with van der Waals surface area (Å²) in [5, 5.41) is 8.89. The van der Waals surface area contributed by atoms with E-state index in [1.165, 1.54) is 6.42 Å². The maximum atomic E-state index is 5.41. The smallest absolute Gasteiger partial charge is 0.151 e. The zero-order valence-electron chi connectivity index (χ0n) is 14.8. The van der Waals surface area contributed by atoms with Gasteiger partial charge in [0.1, 0.15) is 5.75 Å². The Labute approximate surface area is 144 Å². The topological polar surface area (TPSA) is 41.5 Å².